The molecule has 0 aliphatic carbocycles. The van der Waals surface area contributed by atoms with E-state index in [1.807, 2.05) is 12.3 Å². The van der Waals surface area contributed by atoms with Crippen LogP contribution in [-0.4, -0.2) is 49.2 Å². The molecule has 1 aromatic heterocycles. The Balaban J connectivity index is 1.25. The van der Waals surface area contributed by atoms with Gasteiger partial charge in [-0.3, -0.25) is 9.88 Å². The van der Waals surface area contributed by atoms with Crippen LogP contribution < -0.4 is 16.0 Å². The average molecular weight is 390 g/mol. The van der Waals surface area contributed by atoms with Gasteiger partial charge < -0.3 is 16.0 Å². The van der Waals surface area contributed by atoms with Crippen molar-refractivity contribution in [1.29, 1.82) is 0 Å². The van der Waals surface area contributed by atoms with Crippen molar-refractivity contribution in [2.45, 2.75) is 19.6 Å². The molecule has 2 bridgehead atoms. The Morgan fingerprint density at radius 2 is 1.66 bits per heavy atom. The van der Waals surface area contributed by atoms with Crippen LogP contribution in [0, 0.1) is 0 Å². The van der Waals surface area contributed by atoms with Crippen molar-refractivity contribution in [2.75, 3.05) is 39.3 Å². The first-order valence-corrected chi connectivity index (χ1v) is 10.6. The van der Waals surface area contributed by atoms with Crippen LogP contribution in [0.5, 0.6) is 0 Å². The second-order valence-electron chi connectivity index (χ2n) is 7.68. The molecule has 4 rings (SSSR count). The highest BCUT2D eigenvalue weighted by Gasteiger charge is 2.07. The molecular weight excluding hydrogens is 358 g/mol. The van der Waals surface area contributed by atoms with E-state index >= 15 is 0 Å². The lowest BCUT2D eigenvalue weighted by molar-refractivity contribution is 0.271. The summed E-state index contributed by atoms with van der Waals surface area (Å²) >= 11 is 0. The molecule has 0 amide bonds. The summed E-state index contributed by atoms with van der Waals surface area (Å²) in [5.41, 5.74) is 5.11. The maximum absolute atomic E-state index is 4.45. The second kappa shape index (κ2) is 10.5. The Morgan fingerprint density at radius 3 is 2.45 bits per heavy atom. The number of hydrogen-bond donors (Lipinski definition) is 3. The van der Waals surface area contributed by atoms with E-state index in [1.54, 1.807) is 0 Å². The SMILES string of the molecule is c1cc2cc(c1)CNCCN(CCNCc1ccnc3ccccc13)CCNC2. The third kappa shape index (κ3) is 5.84. The molecule has 152 valence electrons. The predicted octanol–water partition coefficient (Wildman–Crippen LogP) is 2.52. The van der Waals surface area contributed by atoms with Crippen molar-refractivity contribution in [3.05, 3.63) is 77.5 Å². The Kier molecular flexibility index (Phi) is 7.21. The molecule has 0 saturated heterocycles. The fourth-order valence-electron chi connectivity index (χ4n) is 3.89. The van der Waals surface area contributed by atoms with E-state index < -0.39 is 0 Å². The maximum atomic E-state index is 4.45. The molecule has 3 N–H and O–H groups in total. The summed E-state index contributed by atoms with van der Waals surface area (Å²) in [4.78, 5) is 6.99. The highest BCUT2D eigenvalue weighted by molar-refractivity contribution is 5.81. The quantitative estimate of drug-likeness (QED) is 0.586. The molecule has 0 fully saturated rings. The molecule has 29 heavy (non-hydrogen) atoms. The number of fused-ring (bicyclic) bond motifs is 3. The Hall–Kier alpha value is -2.31. The lowest BCUT2D eigenvalue weighted by Gasteiger charge is -2.24. The Morgan fingerprint density at radius 1 is 0.897 bits per heavy atom. The molecular formula is C24H31N5. The first kappa shape index (κ1) is 20.0. The van der Waals surface area contributed by atoms with Gasteiger partial charge in [-0.15, -0.1) is 0 Å². The van der Waals surface area contributed by atoms with Crippen LogP contribution in [0.3, 0.4) is 0 Å². The molecule has 0 atom stereocenters. The van der Waals surface area contributed by atoms with Crippen LogP contribution >= 0.6 is 0 Å². The van der Waals surface area contributed by atoms with Gasteiger partial charge in [0.15, 0.2) is 0 Å². The zero-order valence-electron chi connectivity index (χ0n) is 17.0. The highest BCUT2D eigenvalue weighted by Crippen LogP contribution is 2.15. The number of nitrogens with zero attached hydrogens (tertiary/aromatic N) is 2. The van der Waals surface area contributed by atoms with E-state index in [2.05, 4.69) is 74.4 Å². The van der Waals surface area contributed by atoms with E-state index in [-0.39, 0.29) is 0 Å². The standard InChI is InChI=1S/C24H31N5/c1-2-7-24-23(6-1)22(8-9-28-24)19-27-12-15-29-13-10-25-17-20-4-3-5-21(16-20)18-26-11-14-29/h1-9,16,25-27H,10-15,17-19H2. The fourth-order valence-corrected chi connectivity index (χ4v) is 3.89. The molecule has 5 nitrogen and oxygen atoms in total. The average Bonchev–Trinajstić information content (AvgIpc) is 2.76. The van der Waals surface area contributed by atoms with Gasteiger partial charge in [0.05, 0.1) is 5.52 Å². The van der Waals surface area contributed by atoms with E-state index in [0.717, 1.165) is 64.4 Å². The number of hydrogen-bond acceptors (Lipinski definition) is 5. The van der Waals surface area contributed by atoms with Gasteiger partial charge in [0.25, 0.3) is 0 Å². The van der Waals surface area contributed by atoms with Crippen LogP contribution in [0.2, 0.25) is 0 Å². The molecule has 0 unspecified atom stereocenters. The zero-order chi connectivity index (χ0) is 19.7. The number of aromatic nitrogens is 1. The predicted molar refractivity (Wildman–Crippen MR) is 120 cm³/mol. The molecule has 5 heteroatoms. The molecule has 2 heterocycles. The topological polar surface area (TPSA) is 52.2 Å². The molecule has 0 radical (unpaired) electrons. The number of benzene rings is 2. The number of pyridine rings is 1. The highest BCUT2D eigenvalue weighted by atomic mass is 15.2. The Bertz CT molecular complexity index is 878. The van der Waals surface area contributed by atoms with Gasteiger partial charge in [0, 0.05) is 70.5 Å². The molecule has 1 aliphatic rings. The van der Waals surface area contributed by atoms with Crippen LogP contribution in [-0.2, 0) is 19.6 Å². The second-order valence-corrected chi connectivity index (χ2v) is 7.68. The smallest absolute Gasteiger partial charge is 0.0705 e. The number of para-hydroxylation sites is 1. The summed E-state index contributed by atoms with van der Waals surface area (Å²) in [6, 6.07) is 19.3. The van der Waals surface area contributed by atoms with E-state index in [1.165, 1.54) is 22.1 Å². The van der Waals surface area contributed by atoms with Gasteiger partial charge in [-0.2, -0.15) is 0 Å². The maximum Gasteiger partial charge on any atom is 0.0705 e. The summed E-state index contributed by atoms with van der Waals surface area (Å²) in [5, 5.41) is 12.0. The largest absolute Gasteiger partial charge is 0.311 e. The Labute approximate surface area is 173 Å². The van der Waals surface area contributed by atoms with Gasteiger partial charge >= 0.3 is 0 Å². The van der Waals surface area contributed by atoms with Crippen molar-refractivity contribution in [3.8, 4) is 0 Å². The molecule has 0 saturated carbocycles. The molecule has 0 spiro atoms. The van der Waals surface area contributed by atoms with Crippen molar-refractivity contribution in [1.82, 2.24) is 25.8 Å². The third-order valence-corrected chi connectivity index (χ3v) is 5.52. The summed E-state index contributed by atoms with van der Waals surface area (Å²) in [5.74, 6) is 0. The number of nitrogens with one attached hydrogen (secondary N) is 3. The third-order valence-electron chi connectivity index (χ3n) is 5.52. The molecule has 2 aromatic carbocycles. The lowest BCUT2D eigenvalue weighted by atomic mass is 10.1. The summed E-state index contributed by atoms with van der Waals surface area (Å²) in [7, 11) is 0. The van der Waals surface area contributed by atoms with Crippen molar-refractivity contribution in [2.24, 2.45) is 0 Å². The van der Waals surface area contributed by atoms with Gasteiger partial charge in [0.1, 0.15) is 0 Å². The summed E-state index contributed by atoms with van der Waals surface area (Å²) in [6.45, 7) is 8.96. The minimum absolute atomic E-state index is 0.877. The van der Waals surface area contributed by atoms with Gasteiger partial charge in [-0.25, -0.2) is 0 Å². The van der Waals surface area contributed by atoms with Crippen molar-refractivity contribution < 1.29 is 0 Å². The van der Waals surface area contributed by atoms with Crippen LogP contribution in [0.15, 0.2) is 60.8 Å². The van der Waals surface area contributed by atoms with Crippen LogP contribution in [0.4, 0.5) is 0 Å². The van der Waals surface area contributed by atoms with E-state index in [4.69, 9.17) is 0 Å². The van der Waals surface area contributed by atoms with Crippen molar-refractivity contribution in [3.63, 3.8) is 0 Å². The first-order valence-electron chi connectivity index (χ1n) is 10.6. The van der Waals surface area contributed by atoms with E-state index in [9.17, 15) is 0 Å². The summed E-state index contributed by atoms with van der Waals surface area (Å²) < 4.78 is 0. The monoisotopic (exact) mass is 389 g/mol. The zero-order valence-corrected chi connectivity index (χ0v) is 17.0. The van der Waals surface area contributed by atoms with Gasteiger partial charge in [-0.05, 0) is 28.8 Å². The summed E-state index contributed by atoms with van der Waals surface area (Å²) in [6.07, 6.45) is 1.91. The van der Waals surface area contributed by atoms with Gasteiger partial charge in [-0.1, -0.05) is 42.5 Å². The first-order chi connectivity index (χ1) is 14.4. The van der Waals surface area contributed by atoms with E-state index in [0.29, 0.717) is 0 Å². The molecule has 1 aliphatic heterocycles. The van der Waals surface area contributed by atoms with Crippen LogP contribution in [0.25, 0.3) is 10.9 Å². The molecule has 3 aromatic rings. The minimum atomic E-state index is 0.877. The van der Waals surface area contributed by atoms with Crippen LogP contribution in [0.1, 0.15) is 16.7 Å². The number of rotatable bonds is 5. The minimum Gasteiger partial charge on any atom is -0.311 e. The normalized spacial score (nSPS) is 16.3. The lowest BCUT2D eigenvalue weighted by Crippen LogP contribution is -2.40. The van der Waals surface area contributed by atoms with Gasteiger partial charge in [0.2, 0.25) is 0 Å². The fraction of sp³-hybridized carbons (Fsp3) is 0.375. The van der Waals surface area contributed by atoms with Crippen molar-refractivity contribution >= 4 is 10.9 Å².